The molecule has 0 spiro atoms. The van der Waals surface area contributed by atoms with E-state index < -0.39 is 7.12 Å². The highest BCUT2D eigenvalue weighted by Crippen LogP contribution is 2.18. The summed E-state index contributed by atoms with van der Waals surface area (Å²) in [5.74, 6) is 1.37. The Morgan fingerprint density at radius 1 is 1.05 bits per heavy atom. The number of aromatic nitrogens is 2. The van der Waals surface area contributed by atoms with Crippen LogP contribution in [-0.4, -0.2) is 33.7 Å². The fourth-order valence-electron chi connectivity index (χ4n) is 1.86. The van der Waals surface area contributed by atoms with E-state index in [2.05, 4.69) is 16.9 Å². The minimum absolute atomic E-state index is 0.273. The van der Waals surface area contributed by atoms with E-state index >= 15 is 0 Å². The Hall–Kier alpha value is -1.92. The normalized spacial score (nSPS) is 10.4. The van der Waals surface area contributed by atoms with Crippen molar-refractivity contribution in [1.29, 1.82) is 0 Å². The molecule has 0 unspecified atom stereocenters. The number of ether oxygens (including phenoxy) is 1. The Morgan fingerprint density at radius 2 is 1.71 bits per heavy atom. The summed E-state index contributed by atoms with van der Waals surface area (Å²) in [6.45, 7) is 2.89. The highest BCUT2D eigenvalue weighted by atomic mass is 16.5. The van der Waals surface area contributed by atoms with Crippen molar-refractivity contribution >= 4 is 12.6 Å². The lowest BCUT2D eigenvalue weighted by Crippen LogP contribution is -2.30. The van der Waals surface area contributed by atoms with Gasteiger partial charge in [-0.15, -0.1) is 0 Å². The molecule has 1 aromatic carbocycles. The standard InChI is InChI=1S/C15H19BN2O3/c1-2-3-4-9-21-14-7-5-12(6-8-14)15-17-10-13(11-18-15)16(19)20/h5-8,10-11,19-20H,2-4,9H2,1H3. The second-order valence-electron chi connectivity index (χ2n) is 4.79. The maximum absolute atomic E-state index is 9.00. The van der Waals surface area contributed by atoms with Crippen molar-refractivity contribution < 1.29 is 14.8 Å². The Kier molecular flexibility index (Phi) is 5.72. The Morgan fingerprint density at radius 3 is 2.29 bits per heavy atom. The molecule has 1 heterocycles. The molecule has 0 aliphatic rings. The van der Waals surface area contributed by atoms with Crippen LogP contribution in [0.3, 0.4) is 0 Å². The minimum Gasteiger partial charge on any atom is -0.494 e. The van der Waals surface area contributed by atoms with E-state index in [-0.39, 0.29) is 5.46 Å². The topological polar surface area (TPSA) is 75.5 Å². The first-order valence-corrected chi connectivity index (χ1v) is 7.12. The molecule has 0 atom stereocenters. The van der Waals surface area contributed by atoms with Gasteiger partial charge in [0.1, 0.15) is 5.75 Å². The fraction of sp³-hybridized carbons (Fsp3) is 0.333. The van der Waals surface area contributed by atoms with Crippen molar-refractivity contribution in [3.63, 3.8) is 0 Å². The van der Waals surface area contributed by atoms with E-state index in [1.54, 1.807) is 0 Å². The highest BCUT2D eigenvalue weighted by molar-refractivity contribution is 6.58. The van der Waals surface area contributed by atoms with Crippen LogP contribution < -0.4 is 10.2 Å². The molecule has 0 radical (unpaired) electrons. The van der Waals surface area contributed by atoms with Crippen molar-refractivity contribution in [3.05, 3.63) is 36.7 Å². The maximum Gasteiger partial charge on any atom is 0.491 e. The first kappa shape index (κ1) is 15.5. The Bertz CT molecular complexity index is 544. The van der Waals surface area contributed by atoms with Gasteiger partial charge in [0, 0.05) is 23.4 Å². The molecule has 0 saturated carbocycles. The molecular formula is C15H19BN2O3. The van der Waals surface area contributed by atoms with Crippen LogP contribution in [-0.2, 0) is 0 Å². The van der Waals surface area contributed by atoms with Crippen LogP contribution in [0.25, 0.3) is 11.4 Å². The monoisotopic (exact) mass is 286 g/mol. The number of nitrogens with zero attached hydrogens (tertiary/aromatic N) is 2. The second-order valence-corrected chi connectivity index (χ2v) is 4.79. The summed E-state index contributed by atoms with van der Waals surface area (Å²) in [6, 6.07) is 7.55. The molecule has 2 aromatic rings. The van der Waals surface area contributed by atoms with E-state index in [9.17, 15) is 0 Å². The second kappa shape index (κ2) is 7.76. The summed E-state index contributed by atoms with van der Waals surface area (Å²) < 4.78 is 5.64. The molecule has 0 bridgehead atoms. The predicted molar refractivity (Wildman–Crippen MR) is 82.3 cm³/mol. The fourth-order valence-corrected chi connectivity index (χ4v) is 1.86. The van der Waals surface area contributed by atoms with Crippen LogP contribution in [0.5, 0.6) is 5.75 Å². The zero-order valence-electron chi connectivity index (χ0n) is 12.1. The molecule has 0 fully saturated rings. The van der Waals surface area contributed by atoms with Gasteiger partial charge in [-0.05, 0) is 30.7 Å². The van der Waals surface area contributed by atoms with Gasteiger partial charge in [0.05, 0.1) is 6.61 Å². The molecule has 0 saturated heterocycles. The van der Waals surface area contributed by atoms with E-state index in [1.165, 1.54) is 25.2 Å². The zero-order chi connectivity index (χ0) is 15.1. The Balaban J connectivity index is 1.98. The first-order valence-electron chi connectivity index (χ1n) is 7.12. The van der Waals surface area contributed by atoms with Crippen LogP contribution in [0.2, 0.25) is 0 Å². The van der Waals surface area contributed by atoms with Crippen molar-refractivity contribution in [2.24, 2.45) is 0 Å². The van der Waals surface area contributed by atoms with Gasteiger partial charge in [0.15, 0.2) is 5.82 Å². The van der Waals surface area contributed by atoms with Crippen LogP contribution in [0, 0.1) is 0 Å². The number of hydrogen-bond acceptors (Lipinski definition) is 5. The molecule has 6 heteroatoms. The minimum atomic E-state index is -1.54. The zero-order valence-corrected chi connectivity index (χ0v) is 12.1. The maximum atomic E-state index is 9.00. The smallest absolute Gasteiger partial charge is 0.491 e. The van der Waals surface area contributed by atoms with Gasteiger partial charge in [-0.25, -0.2) is 9.97 Å². The van der Waals surface area contributed by atoms with Crippen LogP contribution in [0.15, 0.2) is 36.7 Å². The van der Waals surface area contributed by atoms with Crippen LogP contribution in [0.1, 0.15) is 26.2 Å². The van der Waals surface area contributed by atoms with E-state index in [0.29, 0.717) is 5.82 Å². The van der Waals surface area contributed by atoms with Crippen molar-refractivity contribution in [3.8, 4) is 17.1 Å². The number of benzene rings is 1. The number of hydrogen-bond donors (Lipinski definition) is 2. The van der Waals surface area contributed by atoms with Crippen molar-refractivity contribution in [1.82, 2.24) is 9.97 Å². The summed E-state index contributed by atoms with van der Waals surface area (Å²) >= 11 is 0. The van der Waals surface area contributed by atoms with Gasteiger partial charge in [0.25, 0.3) is 0 Å². The third-order valence-electron chi connectivity index (χ3n) is 3.10. The molecular weight excluding hydrogens is 267 g/mol. The largest absolute Gasteiger partial charge is 0.494 e. The third kappa shape index (κ3) is 4.55. The van der Waals surface area contributed by atoms with Crippen molar-refractivity contribution in [2.75, 3.05) is 6.61 Å². The number of rotatable bonds is 7. The van der Waals surface area contributed by atoms with Gasteiger partial charge in [-0.1, -0.05) is 19.8 Å². The molecule has 0 amide bonds. The SMILES string of the molecule is CCCCCOc1ccc(-c2ncc(B(O)O)cn2)cc1. The predicted octanol–water partition coefficient (Wildman–Crippen LogP) is 1.39. The van der Waals surface area contributed by atoms with E-state index in [4.69, 9.17) is 14.8 Å². The quantitative estimate of drug-likeness (QED) is 0.594. The van der Waals surface area contributed by atoms with Gasteiger partial charge in [-0.2, -0.15) is 0 Å². The molecule has 2 rings (SSSR count). The van der Waals surface area contributed by atoms with Gasteiger partial charge < -0.3 is 14.8 Å². The number of unbranched alkanes of at least 4 members (excludes halogenated alkanes) is 2. The van der Waals surface area contributed by atoms with Crippen LogP contribution in [0.4, 0.5) is 0 Å². The molecule has 0 aliphatic heterocycles. The van der Waals surface area contributed by atoms with E-state index in [1.807, 2.05) is 24.3 Å². The molecule has 110 valence electrons. The van der Waals surface area contributed by atoms with Crippen LogP contribution >= 0.6 is 0 Å². The first-order chi connectivity index (χ1) is 10.2. The highest BCUT2D eigenvalue weighted by Gasteiger charge is 2.12. The van der Waals surface area contributed by atoms with Gasteiger partial charge >= 0.3 is 7.12 Å². The summed E-state index contributed by atoms with van der Waals surface area (Å²) in [7, 11) is -1.54. The average Bonchev–Trinajstić information content (AvgIpc) is 2.52. The summed E-state index contributed by atoms with van der Waals surface area (Å²) in [5.41, 5.74) is 1.13. The summed E-state index contributed by atoms with van der Waals surface area (Å²) in [4.78, 5) is 8.23. The summed E-state index contributed by atoms with van der Waals surface area (Å²) in [6.07, 6.45) is 6.23. The molecule has 1 aromatic heterocycles. The van der Waals surface area contributed by atoms with Gasteiger partial charge in [-0.3, -0.25) is 0 Å². The molecule has 5 nitrogen and oxygen atoms in total. The molecule has 2 N–H and O–H groups in total. The van der Waals surface area contributed by atoms with E-state index in [0.717, 1.165) is 24.3 Å². The Labute approximate surface area is 124 Å². The lowest BCUT2D eigenvalue weighted by molar-refractivity contribution is 0.306. The molecule has 0 aliphatic carbocycles. The third-order valence-corrected chi connectivity index (χ3v) is 3.10. The lowest BCUT2D eigenvalue weighted by Gasteiger charge is -2.06. The average molecular weight is 286 g/mol. The summed E-state index contributed by atoms with van der Waals surface area (Å²) in [5, 5.41) is 18.0. The lowest BCUT2D eigenvalue weighted by atomic mass is 9.83. The van der Waals surface area contributed by atoms with Gasteiger partial charge in [0.2, 0.25) is 0 Å². The van der Waals surface area contributed by atoms with Crippen molar-refractivity contribution in [2.45, 2.75) is 26.2 Å². The molecule has 21 heavy (non-hydrogen) atoms.